The van der Waals surface area contributed by atoms with Crippen LogP contribution in [0.15, 0.2) is 84.9 Å². The summed E-state index contributed by atoms with van der Waals surface area (Å²) < 4.78 is 43.1. The lowest BCUT2D eigenvalue weighted by atomic mass is 10.2. The maximum Gasteiger partial charge on any atom is 0.530 e. The average molecular weight is 609 g/mol. The number of aromatic hydroxyl groups is 1. The lowest BCUT2D eigenvalue weighted by Crippen LogP contribution is -2.26. The average Bonchev–Trinajstić information content (AvgIpc) is 3.31. The van der Waals surface area contributed by atoms with E-state index in [-0.39, 0.29) is 25.5 Å². The van der Waals surface area contributed by atoms with Crippen molar-refractivity contribution in [3.05, 3.63) is 107 Å². The molecule has 3 aromatic carbocycles. The molecule has 0 spiro atoms. The lowest BCUT2D eigenvalue weighted by molar-refractivity contribution is 0.0513. The second kappa shape index (κ2) is 14.1. The molecule has 0 saturated carbocycles. The number of phosphoric acid groups is 1. The maximum absolute atomic E-state index is 14.2. The molecule has 1 heterocycles. The van der Waals surface area contributed by atoms with Gasteiger partial charge >= 0.3 is 13.8 Å². The van der Waals surface area contributed by atoms with E-state index in [0.29, 0.717) is 22.6 Å². The zero-order valence-electron chi connectivity index (χ0n) is 24.3. The Balaban J connectivity index is 1.87. The van der Waals surface area contributed by atoms with Gasteiger partial charge in [0, 0.05) is 19.8 Å². The Bertz CT molecular complexity index is 1540. The molecular formula is C31H33N2O9P. The molecule has 1 aromatic heterocycles. The molecule has 0 aliphatic rings. The Morgan fingerprint density at radius 1 is 0.837 bits per heavy atom. The largest absolute Gasteiger partial charge is 0.530 e. The van der Waals surface area contributed by atoms with E-state index in [1.807, 2.05) is 12.1 Å². The number of nitrogens with zero attached hydrogens (tertiary/aromatic N) is 2. The van der Waals surface area contributed by atoms with Crippen molar-refractivity contribution < 1.29 is 42.3 Å². The van der Waals surface area contributed by atoms with Crippen molar-refractivity contribution >= 4 is 19.7 Å². The number of hydrogen-bond acceptors (Lipinski definition) is 9. The lowest BCUT2D eigenvalue weighted by Gasteiger charge is -2.20. The van der Waals surface area contributed by atoms with Crippen molar-refractivity contribution in [1.82, 2.24) is 9.47 Å². The topological polar surface area (TPSA) is 126 Å². The van der Waals surface area contributed by atoms with Crippen LogP contribution in [0, 0.1) is 0 Å². The van der Waals surface area contributed by atoms with E-state index in [0.717, 1.165) is 0 Å². The van der Waals surface area contributed by atoms with Crippen LogP contribution in [0.3, 0.4) is 0 Å². The van der Waals surface area contributed by atoms with Gasteiger partial charge in [-0.05, 0) is 42.3 Å². The van der Waals surface area contributed by atoms with Gasteiger partial charge in [-0.15, -0.1) is 0 Å². The third kappa shape index (κ3) is 7.45. The highest BCUT2D eigenvalue weighted by Crippen LogP contribution is 2.55. The molecule has 0 bridgehead atoms. The highest BCUT2D eigenvalue weighted by Gasteiger charge is 2.40. The Hall–Kier alpha value is -4.57. The van der Waals surface area contributed by atoms with E-state index in [1.54, 1.807) is 79.7 Å². The molecule has 43 heavy (non-hydrogen) atoms. The van der Waals surface area contributed by atoms with Gasteiger partial charge in [-0.1, -0.05) is 60.7 Å². The fraction of sp³-hybridized carbons (Fsp3) is 0.226. The Morgan fingerprint density at radius 3 is 1.84 bits per heavy atom. The number of carbonyl (C=O) groups excluding carboxylic acids is 2. The number of ether oxygens (including phenoxy) is 2. The molecule has 0 aliphatic heterocycles. The number of esters is 1. The molecule has 226 valence electrons. The number of methoxy groups -OCH3 is 1. The molecule has 0 atom stereocenters. The number of hydrogen-bond donors (Lipinski definition) is 1. The van der Waals surface area contributed by atoms with E-state index < -0.39 is 36.9 Å². The first-order chi connectivity index (χ1) is 20.7. The minimum Gasteiger partial charge on any atom is -0.503 e. The molecule has 0 unspecified atom stereocenters. The number of amides is 1. The van der Waals surface area contributed by atoms with E-state index in [4.69, 9.17) is 23.0 Å². The molecule has 0 aliphatic carbocycles. The van der Waals surface area contributed by atoms with E-state index >= 15 is 0 Å². The van der Waals surface area contributed by atoms with Crippen LogP contribution in [-0.2, 0) is 31.6 Å². The van der Waals surface area contributed by atoms with Crippen LogP contribution in [0.4, 0.5) is 0 Å². The van der Waals surface area contributed by atoms with Crippen molar-refractivity contribution in [3.8, 4) is 22.9 Å². The minimum absolute atomic E-state index is 0.0158. The van der Waals surface area contributed by atoms with Gasteiger partial charge in [0.2, 0.25) is 5.75 Å². The summed E-state index contributed by atoms with van der Waals surface area (Å²) in [6, 6.07) is 24.2. The number of aromatic nitrogens is 1. The van der Waals surface area contributed by atoms with Crippen LogP contribution >= 0.6 is 7.82 Å². The van der Waals surface area contributed by atoms with Crippen LogP contribution in [0.1, 0.15) is 39.0 Å². The molecule has 1 amide bonds. The van der Waals surface area contributed by atoms with E-state index in [9.17, 15) is 19.3 Å². The van der Waals surface area contributed by atoms with Gasteiger partial charge in [-0.2, -0.15) is 0 Å². The third-order valence-corrected chi connectivity index (χ3v) is 7.47. The van der Waals surface area contributed by atoms with Gasteiger partial charge in [-0.25, -0.2) is 9.36 Å². The first kappa shape index (κ1) is 31.4. The smallest absolute Gasteiger partial charge is 0.503 e. The van der Waals surface area contributed by atoms with Gasteiger partial charge in [0.15, 0.2) is 17.1 Å². The standard InChI is InChI=1S/C31H33N2O9P/c1-5-39-31(36)26-28(34)29(27(30(35)32(2)3)33(26)24-16-18-25(38-4)19-17-24)42-43(37,40-20-22-12-8-6-9-13-22)41-21-23-14-10-7-11-15-23/h6-19,34H,5,20-21H2,1-4H3. The molecule has 11 nitrogen and oxygen atoms in total. The Morgan fingerprint density at radius 2 is 1.37 bits per heavy atom. The molecule has 4 rings (SSSR count). The summed E-state index contributed by atoms with van der Waals surface area (Å²) in [6.45, 7) is 1.24. The molecular weight excluding hydrogens is 575 g/mol. The zero-order chi connectivity index (χ0) is 31.0. The van der Waals surface area contributed by atoms with Crippen LogP contribution in [-0.4, -0.2) is 54.3 Å². The van der Waals surface area contributed by atoms with Crippen LogP contribution in [0.5, 0.6) is 17.2 Å². The number of carbonyl (C=O) groups is 2. The number of rotatable bonds is 13. The summed E-state index contributed by atoms with van der Waals surface area (Å²) in [5, 5.41) is 11.4. The van der Waals surface area contributed by atoms with Gasteiger partial charge in [0.05, 0.1) is 26.9 Å². The summed E-state index contributed by atoms with van der Waals surface area (Å²) in [5.41, 5.74) is 0.926. The Labute approximate surface area is 249 Å². The van der Waals surface area contributed by atoms with Crippen LogP contribution in [0.25, 0.3) is 5.69 Å². The number of benzene rings is 3. The predicted molar refractivity (Wildman–Crippen MR) is 159 cm³/mol. The summed E-state index contributed by atoms with van der Waals surface area (Å²) in [6.07, 6.45) is 0. The summed E-state index contributed by atoms with van der Waals surface area (Å²) in [7, 11) is -0.108. The first-order valence-corrected chi connectivity index (χ1v) is 14.8. The quantitative estimate of drug-likeness (QED) is 0.144. The molecule has 4 aromatic rings. The van der Waals surface area contributed by atoms with Crippen LogP contribution < -0.4 is 9.26 Å². The van der Waals surface area contributed by atoms with Crippen molar-refractivity contribution in [1.29, 1.82) is 0 Å². The van der Waals surface area contributed by atoms with Crippen LogP contribution in [0.2, 0.25) is 0 Å². The summed E-state index contributed by atoms with van der Waals surface area (Å²) in [5.74, 6) is -2.44. The van der Waals surface area contributed by atoms with Gasteiger partial charge in [-0.3, -0.25) is 18.4 Å². The molecule has 0 saturated heterocycles. The van der Waals surface area contributed by atoms with E-state index in [1.165, 1.54) is 30.7 Å². The zero-order valence-corrected chi connectivity index (χ0v) is 25.2. The monoisotopic (exact) mass is 608 g/mol. The molecule has 0 fully saturated rings. The predicted octanol–water partition coefficient (Wildman–Crippen LogP) is 5.99. The van der Waals surface area contributed by atoms with Crippen molar-refractivity contribution in [2.75, 3.05) is 27.8 Å². The Kier molecular flexibility index (Phi) is 10.3. The fourth-order valence-corrected chi connectivity index (χ4v) is 5.26. The van der Waals surface area contributed by atoms with Crippen molar-refractivity contribution in [2.45, 2.75) is 20.1 Å². The van der Waals surface area contributed by atoms with Gasteiger partial charge in [0.25, 0.3) is 5.91 Å². The second-order valence-corrected chi connectivity index (χ2v) is 11.0. The van der Waals surface area contributed by atoms with Crippen molar-refractivity contribution in [3.63, 3.8) is 0 Å². The molecule has 12 heteroatoms. The summed E-state index contributed by atoms with van der Waals surface area (Å²) >= 11 is 0. The minimum atomic E-state index is -4.57. The normalized spacial score (nSPS) is 11.2. The van der Waals surface area contributed by atoms with Crippen molar-refractivity contribution in [2.24, 2.45) is 0 Å². The SMILES string of the molecule is CCOC(=O)c1c(O)c(OP(=O)(OCc2ccccc2)OCc2ccccc2)c(C(=O)N(C)C)n1-c1ccc(OC)cc1. The second-order valence-electron chi connectivity index (χ2n) is 9.39. The number of phosphoric ester groups is 1. The molecule has 0 radical (unpaired) electrons. The van der Waals surface area contributed by atoms with E-state index in [2.05, 4.69) is 0 Å². The third-order valence-electron chi connectivity index (χ3n) is 6.18. The van der Waals surface area contributed by atoms with Gasteiger partial charge < -0.3 is 24.0 Å². The maximum atomic E-state index is 14.2. The first-order valence-electron chi connectivity index (χ1n) is 13.3. The summed E-state index contributed by atoms with van der Waals surface area (Å²) in [4.78, 5) is 28.0. The fourth-order valence-electron chi connectivity index (χ4n) is 4.06. The molecule has 1 N–H and O–H groups in total. The highest BCUT2D eigenvalue weighted by atomic mass is 31.2. The highest BCUT2D eigenvalue weighted by molar-refractivity contribution is 7.48. The van der Waals surface area contributed by atoms with Gasteiger partial charge in [0.1, 0.15) is 5.75 Å².